The number of nitrogens with one attached hydrogen (secondary N) is 1. The van der Waals surface area contributed by atoms with Gasteiger partial charge in [0.05, 0.1) is 16.4 Å². The van der Waals surface area contributed by atoms with Gasteiger partial charge in [-0.25, -0.2) is 4.98 Å². The minimum absolute atomic E-state index is 0.227. The summed E-state index contributed by atoms with van der Waals surface area (Å²) in [5.74, 6) is -0.227. The van der Waals surface area contributed by atoms with Gasteiger partial charge in [-0.05, 0) is 25.5 Å². The number of carbonyl (C=O) groups excluding carboxylic acids is 1. The van der Waals surface area contributed by atoms with Crippen molar-refractivity contribution in [1.82, 2.24) is 4.98 Å². The van der Waals surface area contributed by atoms with Gasteiger partial charge in [0.2, 0.25) is 0 Å². The molecule has 0 aliphatic rings. The zero-order valence-electron chi connectivity index (χ0n) is 9.65. The number of nitrogen functional groups attached to an aromatic ring is 1. The number of hydrogen-bond acceptors (Lipinski definition) is 4. The molecule has 2 aromatic rings. The van der Waals surface area contributed by atoms with Crippen molar-refractivity contribution in [2.75, 3.05) is 11.1 Å². The third kappa shape index (κ3) is 2.45. The van der Waals surface area contributed by atoms with Crippen LogP contribution in [-0.4, -0.2) is 10.9 Å². The summed E-state index contributed by atoms with van der Waals surface area (Å²) in [7, 11) is 0. The zero-order valence-corrected chi connectivity index (χ0v) is 10.5. The van der Waals surface area contributed by atoms with Crippen LogP contribution < -0.4 is 11.1 Å². The average molecular weight is 247 g/mol. The van der Waals surface area contributed by atoms with Crippen LogP contribution >= 0.6 is 11.3 Å². The molecule has 0 saturated carbocycles. The van der Waals surface area contributed by atoms with Gasteiger partial charge >= 0.3 is 0 Å². The third-order valence-electron chi connectivity index (χ3n) is 2.40. The van der Waals surface area contributed by atoms with Crippen LogP contribution in [-0.2, 0) is 0 Å². The van der Waals surface area contributed by atoms with Crippen molar-refractivity contribution in [3.63, 3.8) is 0 Å². The van der Waals surface area contributed by atoms with Gasteiger partial charge < -0.3 is 11.1 Å². The molecule has 3 N–H and O–H groups in total. The number of nitrogens with zero attached hydrogens (tertiary/aromatic N) is 1. The van der Waals surface area contributed by atoms with E-state index in [9.17, 15) is 4.79 Å². The predicted octanol–water partition coefficient (Wildman–Crippen LogP) is 2.59. The Kier molecular flexibility index (Phi) is 3.10. The lowest BCUT2D eigenvalue weighted by Gasteiger charge is -2.09. The summed E-state index contributed by atoms with van der Waals surface area (Å²) in [6.07, 6.45) is 0. The number of rotatable bonds is 2. The number of benzene rings is 1. The first-order valence-corrected chi connectivity index (χ1v) is 6.04. The number of aromatic nitrogens is 1. The van der Waals surface area contributed by atoms with Crippen molar-refractivity contribution in [2.45, 2.75) is 13.8 Å². The largest absolute Gasteiger partial charge is 0.397 e. The van der Waals surface area contributed by atoms with Crippen molar-refractivity contribution >= 4 is 28.6 Å². The normalized spacial score (nSPS) is 10.2. The number of para-hydroxylation sites is 1. The number of thiazole rings is 1. The van der Waals surface area contributed by atoms with Crippen LogP contribution in [0.3, 0.4) is 0 Å². The molecule has 1 amide bonds. The third-order valence-corrected chi connectivity index (χ3v) is 3.17. The molecule has 0 fully saturated rings. The van der Waals surface area contributed by atoms with Crippen LogP contribution in [0.1, 0.15) is 21.1 Å². The van der Waals surface area contributed by atoms with Crippen molar-refractivity contribution in [3.05, 3.63) is 39.8 Å². The first-order valence-electron chi connectivity index (χ1n) is 5.16. The number of anilines is 2. The van der Waals surface area contributed by atoms with Crippen molar-refractivity contribution < 1.29 is 4.79 Å². The molecule has 0 bridgehead atoms. The van der Waals surface area contributed by atoms with Crippen LogP contribution in [0.2, 0.25) is 0 Å². The van der Waals surface area contributed by atoms with Crippen molar-refractivity contribution in [1.29, 1.82) is 0 Å². The number of hydrogen-bond donors (Lipinski definition) is 2. The van der Waals surface area contributed by atoms with Gasteiger partial charge in [-0.3, -0.25) is 4.79 Å². The SMILES string of the molecule is Cc1nc(C(=O)Nc2c(C)cccc2N)cs1. The fourth-order valence-corrected chi connectivity index (χ4v) is 2.10. The highest BCUT2D eigenvalue weighted by atomic mass is 32.1. The van der Waals surface area contributed by atoms with Gasteiger partial charge in [0.25, 0.3) is 5.91 Å². The van der Waals surface area contributed by atoms with Gasteiger partial charge in [-0.2, -0.15) is 0 Å². The summed E-state index contributed by atoms with van der Waals surface area (Å²) in [5, 5.41) is 5.39. The zero-order chi connectivity index (χ0) is 12.4. The fourth-order valence-electron chi connectivity index (χ4n) is 1.51. The van der Waals surface area contributed by atoms with E-state index in [4.69, 9.17) is 5.73 Å². The molecular weight excluding hydrogens is 234 g/mol. The number of amides is 1. The molecule has 0 spiro atoms. The molecule has 88 valence electrons. The maximum Gasteiger partial charge on any atom is 0.275 e. The molecule has 0 unspecified atom stereocenters. The second-order valence-electron chi connectivity index (χ2n) is 3.75. The molecule has 0 atom stereocenters. The maximum absolute atomic E-state index is 11.9. The summed E-state index contributed by atoms with van der Waals surface area (Å²) >= 11 is 1.45. The molecule has 0 radical (unpaired) electrons. The van der Waals surface area contributed by atoms with Crippen LogP contribution in [0.5, 0.6) is 0 Å². The Labute approximate surface area is 103 Å². The second-order valence-corrected chi connectivity index (χ2v) is 4.81. The Morgan fingerprint density at radius 1 is 1.41 bits per heavy atom. The fraction of sp³-hybridized carbons (Fsp3) is 0.167. The molecule has 1 heterocycles. The second kappa shape index (κ2) is 4.55. The minimum atomic E-state index is -0.227. The molecule has 2 rings (SSSR count). The van der Waals surface area contributed by atoms with E-state index in [0.717, 1.165) is 10.6 Å². The highest BCUT2D eigenvalue weighted by Gasteiger charge is 2.12. The number of nitrogens with two attached hydrogens (primary N) is 1. The Bertz CT molecular complexity index is 542. The Morgan fingerprint density at radius 2 is 2.18 bits per heavy atom. The quantitative estimate of drug-likeness (QED) is 0.801. The molecule has 0 saturated heterocycles. The van der Waals surface area contributed by atoms with E-state index in [1.807, 2.05) is 26.0 Å². The van der Waals surface area contributed by atoms with Gasteiger partial charge in [-0.1, -0.05) is 12.1 Å². The molecule has 0 aliphatic heterocycles. The Hall–Kier alpha value is -1.88. The molecule has 1 aromatic carbocycles. The standard InChI is InChI=1S/C12H13N3OS/c1-7-4-3-5-9(13)11(7)15-12(16)10-6-17-8(2)14-10/h3-6H,13H2,1-2H3,(H,15,16). The van der Waals surface area contributed by atoms with E-state index in [2.05, 4.69) is 10.3 Å². The number of carbonyl (C=O) groups is 1. The minimum Gasteiger partial charge on any atom is -0.397 e. The topological polar surface area (TPSA) is 68.0 Å². The molecule has 0 aliphatic carbocycles. The van der Waals surface area contributed by atoms with Gasteiger partial charge in [0.15, 0.2) is 0 Å². The Morgan fingerprint density at radius 3 is 2.76 bits per heavy atom. The summed E-state index contributed by atoms with van der Waals surface area (Å²) in [4.78, 5) is 16.0. The van der Waals surface area contributed by atoms with E-state index >= 15 is 0 Å². The summed E-state index contributed by atoms with van der Waals surface area (Å²) in [5.41, 5.74) is 8.40. The number of aryl methyl sites for hydroxylation is 2. The average Bonchev–Trinajstić information content (AvgIpc) is 2.70. The summed E-state index contributed by atoms with van der Waals surface area (Å²) in [6, 6.07) is 5.51. The summed E-state index contributed by atoms with van der Waals surface area (Å²) < 4.78 is 0. The van der Waals surface area contributed by atoms with E-state index in [1.54, 1.807) is 11.4 Å². The van der Waals surface area contributed by atoms with E-state index in [-0.39, 0.29) is 5.91 Å². The van der Waals surface area contributed by atoms with Gasteiger partial charge in [0.1, 0.15) is 5.69 Å². The predicted molar refractivity (Wildman–Crippen MR) is 70.4 cm³/mol. The van der Waals surface area contributed by atoms with E-state index in [1.165, 1.54) is 11.3 Å². The highest BCUT2D eigenvalue weighted by molar-refractivity contribution is 7.09. The van der Waals surface area contributed by atoms with Crippen molar-refractivity contribution in [3.8, 4) is 0 Å². The first-order chi connectivity index (χ1) is 8.08. The first kappa shape index (κ1) is 11.6. The van der Waals surface area contributed by atoms with Crippen LogP contribution in [0, 0.1) is 13.8 Å². The molecular formula is C12H13N3OS. The lowest BCUT2D eigenvalue weighted by Crippen LogP contribution is -2.14. The van der Waals surface area contributed by atoms with Crippen molar-refractivity contribution in [2.24, 2.45) is 0 Å². The van der Waals surface area contributed by atoms with Crippen LogP contribution in [0.4, 0.5) is 11.4 Å². The van der Waals surface area contributed by atoms with Gasteiger partial charge in [-0.15, -0.1) is 11.3 Å². The van der Waals surface area contributed by atoms with Crippen LogP contribution in [0.15, 0.2) is 23.6 Å². The Balaban J connectivity index is 2.24. The smallest absolute Gasteiger partial charge is 0.275 e. The summed E-state index contributed by atoms with van der Waals surface area (Å²) in [6.45, 7) is 3.77. The molecule has 5 heteroatoms. The highest BCUT2D eigenvalue weighted by Crippen LogP contribution is 2.23. The van der Waals surface area contributed by atoms with Gasteiger partial charge in [0, 0.05) is 5.38 Å². The maximum atomic E-state index is 11.9. The van der Waals surface area contributed by atoms with E-state index < -0.39 is 0 Å². The van der Waals surface area contributed by atoms with Crippen LogP contribution in [0.25, 0.3) is 0 Å². The molecule has 17 heavy (non-hydrogen) atoms. The molecule has 4 nitrogen and oxygen atoms in total. The monoisotopic (exact) mass is 247 g/mol. The molecule has 1 aromatic heterocycles. The lowest BCUT2D eigenvalue weighted by atomic mass is 10.1. The lowest BCUT2D eigenvalue weighted by molar-refractivity contribution is 0.102. The van der Waals surface area contributed by atoms with E-state index in [0.29, 0.717) is 17.1 Å².